The number of hydrogen-bond donors (Lipinski definition) is 1. The van der Waals surface area contributed by atoms with Gasteiger partial charge < -0.3 is 19.6 Å². The van der Waals surface area contributed by atoms with Crippen LogP contribution in [0.4, 0.5) is 0 Å². The van der Waals surface area contributed by atoms with Crippen LogP contribution in [0.2, 0.25) is 0 Å². The molecule has 1 aliphatic rings. The molecule has 15 heavy (non-hydrogen) atoms. The molecule has 4 heteroatoms. The first-order valence-corrected chi connectivity index (χ1v) is 5.81. The fourth-order valence-corrected chi connectivity index (χ4v) is 1.99. The molecule has 0 radical (unpaired) electrons. The molecule has 1 rings (SSSR count). The first kappa shape index (κ1) is 12.9. The Kier molecular flexibility index (Phi) is 6.17. The van der Waals surface area contributed by atoms with E-state index in [9.17, 15) is 0 Å². The van der Waals surface area contributed by atoms with E-state index in [0.717, 1.165) is 13.2 Å². The van der Waals surface area contributed by atoms with E-state index in [1.807, 2.05) is 0 Å². The van der Waals surface area contributed by atoms with E-state index in [0.29, 0.717) is 12.6 Å². The van der Waals surface area contributed by atoms with Crippen LogP contribution in [-0.4, -0.2) is 74.5 Å². The highest BCUT2D eigenvalue weighted by atomic mass is 16.5. The van der Waals surface area contributed by atoms with Gasteiger partial charge in [0, 0.05) is 12.6 Å². The Hall–Kier alpha value is -0.160. The molecule has 0 spiro atoms. The van der Waals surface area contributed by atoms with Crippen molar-refractivity contribution in [2.24, 2.45) is 0 Å². The minimum Gasteiger partial charge on any atom is -0.394 e. The van der Waals surface area contributed by atoms with Gasteiger partial charge in [0.1, 0.15) is 0 Å². The van der Waals surface area contributed by atoms with Crippen LogP contribution in [0.3, 0.4) is 0 Å². The molecular weight excluding hydrogens is 192 g/mol. The number of ether oxygens (including phenoxy) is 1. The fourth-order valence-electron chi connectivity index (χ4n) is 1.99. The molecule has 1 saturated heterocycles. The predicted octanol–water partition coefficient (Wildman–Crippen LogP) is 0.0213. The van der Waals surface area contributed by atoms with Crippen LogP contribution in [0.1, 0.15) is 12.8 Å². The second-order valence-corrected chi connectivity index (χ2v) is 4.35. The third kappa shape index (κ3) is 4.93. The number of hydrogen-bond acceptors (Lipinski definition) is 4. The standard InChI is InChI=1S/C11H24N2O2/c1-12-5-3-11(4-6-12)13(2)7-9-15-10-8-14/h11,14H,3-10H2,1-2H3. The Labute approximate surface area is 92.8 Å². The minimum absolute atomic E-state index is 0.123. The summed E-state index contributed by atoms with van der Waals surface area (Å²) in [5, 5.41) is 8.57. The first-order valence-electron chi connectivity index (χ1n) is 5.81. The quantitative estimate of drug-likeness (QED) is 0.635. The Balaban J connectivity index is 2.08. The molecule has 0 aromatic heterocycles. The molecule has 4 nitrogen and oxygen atoms in total. The van der Waals surface area contributed by atoms with Gasteiger partial charge in [0.2, 0.25) is 0 Å². The Morgan fingerprint density at radius 2 is 2.00 bits per heavy atom. The van der Waals surface area contributed by atoms with E-state index in [2.05, 4.69) is 23.9 Å². The summed E-state index contributed by atoms with van der Waals surface area (Å²) >= 11 is 0. The smallest absolute Gasteiger partial charge is 0.0698 e. The number of rotatable bonds is 6. The van der Waals surface area contributed by atoms with E-state index < -0.39 is 0 Å². The monoisotopic (exact) mass is 216 g/mol. The van der Waals surface area contributed by atoms with Crippen LogP contribution >= 0.6 is 0 Å². The maximum absolute atomic E-state index is 8.57. The third-order valence-corrected chi connectivity index (χ3v) is 3.14. The molecule has 1 heterocycles. The summed E-state index contributed by atoms with van der Waals surface area (Å²) in [5.74, 6) is 0. The number of likely N-dealkylation sites (N-methyl/N-ethyl adjacent to an activating group) is 1. The first-order chi connectivity index (χ1) is 7.24. The lowest BCUT2D eigenvalue weighted by atomic mass is 10.0. The molecule has 0 amide bonds. The normalized spacial score (nSPS) is 20.0. The minimum atomic E-state index is 0.123. The number of likely N-dealkylation sites (tertiary alicyclic amines) is 1. The van der Waals surface area contributed by atoms with Crippen LogP contribution in [-0.2, 0) is 4.74 Å². The van der Waals surface area contributed by atoms with Crippen molar-refractivity contribution in [3.63, 3.8) is 0 Å². The van der Waals surface area contributed by atoms with E-state index in [-0.39, 0.29) is 6.61 Å². The van der Waals surface area contributed by atoms with Gasteiger partial charge in [-0.25, -0.2) is 0 Å². The average Bonchev–Trinajstić information content (AvgIpc) is 2.25. The third-order valence-electron chi connectivity index (χ3n) is 3.14. The Morgan fingerprint density at radius 3 is 2.60 bits per heavy atom. The van der Waals surface area contributed by atoms with Gasteiger partial charge in [-0.2, -0.15) is 0 Å². The number of aliphatic hydroxyl groups excluding tert-OH is 1. The van der Waals surface area contributed by atoms with Crippen molar-refractivity contribution >= 4 is 0 Å². The van der Waals surface area contributed by atoms with Gasteiger partial charge in [-0.15, -0.1) is 0 Å². The molecule has 0 aliphatic carbocycles. The second-order valence-electron chi connectivity index (χ2n) is 4.35. The van der Waals surface area contributed by atoms with Gasteiger partial charge in [0.25, 0.3) is 0 Å². The van der Waals surface area contributed by atoms with E-state index in [1.165, 1.54) is 25.9 Å². The van der Waals surface area contributed by atoms with Crippen molar-refractivity contribution in [2.75, 3.05) is 53.6 Å². The molecule has 1 aliphatic heterocycles. The number of nitrogens with zero attached hydrogens (tertiary/aromatic N) is 2. The van der Waals surface area contributed by atoms with Gasteiger partial charge in [0.05, 0.1) is 19.8 Å². The fraction of sp³-hybridized carbons (Fsp3) is 1.00. The summed E-state index contributed by atoms with van der Waals surface area (Å²) in [6, 6.07) is 0.707. The van der Waals surface area contributed by atoms with E-state index in [1.54, 1.807) is 0 Å². The van der Waals surface area contributed by atoms with Crippen molar-refractivity contribution < 1.29 is 9.84 Å². The molecular formula is C11H24N2O2. The predicted molar refractivity (Wildman–Crippen MR) is 61.1 cm³/mol. The Morgan fingerprint density at radius 1 is 1.33 bits per heavy atom. The van der Waals surface area contributed by atoms with Gasteiger partial charge in [-0.1, -0.05) is 0 Å². The highest BCUT2D eigenvalue weighted by Crippen LogP contribution is 2.13. The summed E-state index contributed by atoms with van der Waals surface area (Å²) in [5.41, 5.74) is 0. The van der Waals surface area contributed by atoms with Crippen molar-refractivity contribution in [2.45, 2.75) is 18.9 Å². The molecule has 1 N–H and O–H groups in total. The second kappa shape index (κ2) is 7.17. The van der Waals surface area contributed by atoms with Gasteiger partial charge in [0.15, 0.2) is 0 Å². The number of aliphatic hydroxyl groups is 1. The molecule has 0 atom stereocenters. The van der Waals surface area contributed by atoms with Gasteiger partial charge in [-0.3, -0.25) is 0 Å². The largest absolute Gasteiger partial charge is 0.394 e. The zero-order valence-electron chi connectivity index (χ0n) is 9.98. The topological polar surface area (TPSA) is 35.9 Å². The van der Waals surface area contributed by atoms with E-state index >= 15 is 0 Å². The lowest BCUT2D eigenvalue weighted by molar-refractivity contribution is 0.0607. The van der Waals surface area contributed by atoms with Gasteiger partial charge >= 0.3 is 0 Å². The lowest BCUT2D eigenvalue weighted by Gasteiger charge is -2.35. The molecule has 0 aromatic carbocycles. The molecule has 0 saturated carbocycles. The lowest BCUT2D eigenvalue weighted by Crippen LogP contribution is -2.43. The molecule has 0 aromatic rings. The summed E-state index contributed by atoms with van der Waals surface area (Å²) in [4.78, 5) is 4.76. The molecule has 90 valence electrons. The van der Waals surface area contributed by atoms with Crippen LogP contribution < -0.4 is 0 Å². The number of piperidine rings is 1. The van der Waals surface area contributed by atoms with Crippen LogP contribution in [0.25, 0.3) is 0 Å². The van der Waals surface area contributed by atoms with Crippen molar-refractivity contribution in [3.05, 3.63) is 0 Å². The Bertz CT molecular complexity index is 159. The van der Waals surface area contributed by atoms with E-state index in [4.69, 9.17) is 9.84 Å². The highest BCUT2D eigenvalue weighted by Gasteiger charge is 2.19. The molecule has 1 fully saturated rings. The van der Waals surface area contributed by atoms with Crippen LogP contribution in [0.5, 0.6) is 0 Å². The zero-order chi connectivity index (χ0) is 11.1. The SMILES string of the molecule is CN1CCC(N(C)CCOCCO)CC1. The average molecular weight is 216 g/mol. The summed E-state index contributed by atoms with van der Waals surface area (Å²) in [6.07, 6.45) is 2.51. The maximum Gasteiger partial charge on any atom is 0.0698 e. The van der Waals surface area contributed by atoms with Crippen molar-refractivity contribution in [3.8, 4) is 0 Å². The van der Waals surface area contributed by atoms with Gasteiger partial charge in [-0.05, 0) is 40.0 Å². The van der Waals surface area contributed by atoms with Crippen molar-refractivity contribution in [1.29, 1.82) is 0 Å². The van der Waals surface area contributed by atoms with Crippen LogP contribution in [0, 0.1) is 0 Å². The summed E-state index contributed by atoms with van der Waals surface area (Å²) < 4.78 is 5.26. The maximum atomic E-state index is 8.57. The van der Waals surface area contributed by atoms with Crippen molar-refractivity contribution in [1.82, 2.24) is 9.80 Å². The molecule has 0 bridgehead atoms. The zero-order valence-corrected chi connectivity index (χ0v) is 9.98. The summed E-state index contributed by atoms with van der Waals surface area (Å²) in [7, 11) is 4.35. The van der Waals surface area contributed by atoms with Crippen LogP contribution in [0.15, 0.2) is 0 Å². The highest BCUT2D eigenvalue weighted by molar-refractivity contribution is 4.76. The summed E-state index contributed by atoms with van der Waals surface area (Å²) in [6.45, 7) is 4.68. The molecule has 0 unspecified atom stereocenters.